The fourth-order valence-corrected chi connectivity index (χ4v) is 3.54. The number of fused-ring (bicyclic) bond motifs is 1. The van der Waals surface area contributed by atoms with Gasteiger partial charge in [0.15, 0.2) is 5.17 Å². The van der Waals surface area contributed by atoms with Gasteiger partial charge in [-0.3, -0.25) is 4.79 Å². The molecule has 4 rings (SSSR count). The number of rotatable bonds is 2. The number of aliphatic imine (C=N–C) groups is 1. The van der Waals surface area contributed by atoms with E-state index in [0.717, 1.165) is 40.4 Å². The van der Waals surface area contributed by atoms with Gasteiger partial charge in [-0.05, 0) is 42.1 Å². The fraction of sp³-hybridized carbons (Fsp3) is 0.0526. The van der Waals surface area contributed by atoms with E-state index in [-0.39, 0.29) is 10.9 Å². The monoisotopic (exact) mass is 387 g/mol. The van der Waals surface area contributed by atoms with Gasteiger partial charge in [0.25, 0.3) is 5.91 Å². The van der Waals surface area contributed by atoms with E-state index in [1.165, 1.54) is 12.1 Å². The summed E-state index contributed by atoms with van der Waals surface area (Å²) >= 11 is 1.09. The van der Waals surface area contributed by atoms with Crippen molar-refractivity contribution >= 4 is 45.5 Å². The van der Waals surface area contributed by atoms with Crippen LogP contribution >= 0.6 is 11.8 Å². The molecule has 0 saturated heterocycles. The molecule has 1 aliphatic heterocycles. The maximum absolute atomic E-state index is 12.8. The smallest absolute Gasteiger partial charge is 0.361 e. The zero-order chi connectivity index (χ0) is 19.0. The second-order valence-corrected chi connectivity index (χ2v) is 6.86. The number of H-pyrrole nitrogens is 1. The molecule has 2 heterocycles. The molecule has 0 aliphatic carbocycles. The average Bonchev–Trinajstić information content (AvgIpc) is 3.19. The summed E-state index contributed by atoms with van der Waals surface area (Å²) in [5, 5.41) is 3.99. The van der Waals surface area contributed by atoms with Gasteiger partial charge in [0.05, 0.1) is 10.5 Å². The Balaban J connectivity index is 1.55. The third kappa shape index (κ3) is 3.61. The Morgan fingerprint density at radius 2 is 1.93 bits per heavy atom. The summed E-state index contributed by atoms with van der Waals surface area (Å²) in [6, 6.07) is 12.4. The second kappa shape index (κ2) is 6.62. The third-order valence-corrected chi connectivity index (χ3v) is 4.87. The quantitative estimate of drug-likeness (QED) is 0.589. The molecule has 2 N–H and O–H groups in total. The summed E-state index contributed by atoms with van der Waals surface area (Å²) in [5.41, 5.74) is 1.24. The summed E-state index contributed by atoms with van der Waals surface area (Å²) in [6.45, 7) is 0. The molecule has 0 atom stereocenters. The van der Waals surface area contributed by atoms with Crippen LogP contribution in [0.25, 0.3) is 17.0 Å². The van der Waals surface area contributed by atoms with Crippen LogP contribution < -0.4 is 5.32 Å². The largest absolute Gasteiger partial charge is 0.416 e. The number of hydrogen-bond acceptors (Lipinski definition) is 3. The first kappa shape index (κ1) is 17.4. The molecule has 2 aromatic carbocycles. The Labute approximate surface area is 156 Å². The van der Waals surface area contributed by atoms with Crippen LogP contribution in [0.5, 0.6) is 0 Å². The molecule has 1 aromatic heterocycles. The molecule has 0 fully saturated rings. The zero-order valence-electron chi connectivity index (χ0n) is 13.7. The second-order valence-electron chi connectivity index (χ2n) is 5.83. The minimum absolute atomic E-state index is 0.220. The Hall–Kier alpha value is -3.00. The Morgan fingerprint density at radius 1 is 1.11 bits per heavy atom. The van der Waals surface area contributed by atoms with Crippen molar-refractivity contribution in [1.82, 2.24) is 4.98 Å². The number of hydrogen-bond donors (Lipinski definition) is 2. The molecule has 1 aliphatic rings. The van der Waals surface area contributed by atoms with Crippen LogP contribution in [0, 0.1) is 0 Å². The van der Waals surface area contributed by atoms with Gasteiger partial charge in [0, 0.05) is 28.4 Å². The topological polar surface area (TPSA) is 57.2 Å². The molecule has 27 heavy (non-hydrogen) atoms. The van der Waals surface area contributed by atoms with Crippen LogP contribution in [-0.4, -0.2) is 16.1 Å². The molecule has 8 heteroatoms. The van der Waals surface area contributed by atoms with Crippen molar-refractivity contribution in [3.05, 3.63) is 70.8 Å². The molecule has 0 saturated carbocycles. The van der Waals surface area contributed by atoms with Gasteiger partial charge in [0.2, 0.25) is 0 Å². The highest BCUT2D eigenvalue weighted by molar-refractivity contribution is 8.18. The van der Waals surface area contributed by atoms with E-state index in [1.54, 1.807) is 12.3 Å². The lowest BCUT2D eigenvalue weighted by Crippen LogP contribution is -2.08. The predicted molar refractivity (Wildman–Crippen MR) is 101 cm³/mol. The first-order chi connectivity index (χ1) is 12.9. The number of halogens is 3. The molecule has 0 unspecified atom stereocenters. The lowest BCUT2D eigenvalue weighted by Gasteiger charge is -2.09. The lowest BCUT2D eigenvalue weighted by molar-refractivity contribution is -0.137. The lowest BCUT2D eigenvalue weighted by atomic mass is 10.1. The van der Waals surface area contributed by atoms with Crippen molar-refractivity contribution in [3.63, 3.8) is 0 Å². The van der Waals surface area contributed by atoms with Crippen molar-refractivity contribution in [2.45, 2.75) is 6.18 Å². The summed E-state index contributed by atoms with van der Waals surface area (Å²) < 4.78 is 38.4. The SMILES string of the molecule is O=C1N=C(Nc2cccc(C(F)(F)F)c2)S/C1=C\c1c[nH]c2ccccc12. The number of alkyl halides is 3. The summed E-state index contributed by atoms with van der Waals surface area (Å²) in [6.07, 6.45) is -0.918. The number of carbonyl (C=O) groups excluding carboxylic acids is 1. The normalized spacial score (nSPS) is 16.2. The van der Waals surface area contributed by atoms with E-state index >= 15 is 0 Å². The molecular formula is C19H12F3N3OS. The summed E-state index contributed by atoms with van der Waals surface area (Å²) in [5.74, 6) is -0.431. The van der Waals surface area contributed by atoms with Crippen LogP contribution in [0.4, 0.5) is 18.9 Å². The number of thioether (sulfide) groups is 1. The number of amidine groups is 1. The molecule has 0 bridgehead atoms. The first-order valence-corrected chi connectivity index (χ1v) is 8.75. The number of anilines is 1. The number of amides is 1. The van der Waals surface area contributed by atoms with Crippen molar-refractivity contribution in [1.29, 1.82) is 0 Å². The van der Waals surface area contributed by atoms with Gasteiger partial charge >= 0.3 is 6.18 Å². The molecule has 0 spiro atoms. The van der Waals surface area contributed by atoms with Crippen molar-refractivity contribution < 1.29 is 18.0 Å². The maximum Gasteiger partial charge on any atom is 0.416 e. The molecule has 4 nitrogen and oxygen atoms in total. The summed E-state index contributed by atoms with van der Waals surface area (Å²) in [7, 11) is 0. The molecule has 0 radical (unpaired) electrons. The Kier molecular flexibility index (Phi) is 4.27. The fourth-order valence-electron chi connectivity index (χ4n) is 2.71. The minimum atomic E-state index is -4.43. The number of nitrogens with zero attached hydrogens (tertiary/aromatic N) is 1. The van der Waals surface area contributed by atoms with Crippen molar-refractivity contribution in [3.8, 4) is 0 Å². The van der Waals surface area contributed by atoms with E-state index in [0.29, 0.717) is 4.91 Å². The van der Waals surface area contributed by atoms with E-state index in [1.807, 2.05) is 24.3 Å². The number of nitrogens with one attached hydrogen (secondary N) is 2. The number of para-hydroxylation sites is 1. The first-order valence-electron chi connectivity index (χ1n) is 7.93. The minimum Gasteiger partial charge on any atom is -0.361 e. The van der Waals surface area contributed by atoms with Crippen molar-refractivity contribution in [2.24, 2.45) is 4.99 Å². The number of aromatic amines is 1. The van der Waals surface area contributed by atoms with Gasteiger partial charge in [0.1, 0.15) is 0 Å². The highest BCUT2D eigenvalue weighted by Gasteiger charge is 2.30. The van der Waals surface area contributed by atoms with E-state index in [4.69, 9.17) is 0 Å². The van der Waals surface area contributed by atoms with Crippen LogP contribution in [0.2, 0.25) is 0 Å². The average molecular weight is 387 g/mol. The zero-order valence-corrected chi connectivity index (χ0v) is 14.5. The Bertz CT molecular complexity index is 1100. The molecule has 136 valence electrons. The number of aromatic nitrogens is 1. The predicted octanol–water partition coefficient (Wildman–Crippen LogP) is 5.27. The molecule has 3 aromatic rings. The van der Waals surface area contributed by atoms with Gasteiger partial charge in [-0.1, -0.05) is 24.3 Å². The van der Waals surface area contributed by atoms with Crippen LogP contribution in [0.3, 0.4) is 0 Å². The third-order valence-electron chi connectivity index (χ3n) is 3.97. The highest BCUT2D eigenvalue weighted by Crippen LogP contribution is 2.33. The van der Waals surface area contributed by atoms with Gasteiger partial charge in [-0.2, -0.15) is 18.2 Å². The number of benzene rings is 2. The van der Waals surface area contributed by atoms with E-state index < -0.39 is 17.6 Å². The van der Waals surface area contributed by atoms with Gasteiger partial charge in [-0.25, -0.2) is 0 Å². The molecular weight excluding hydrogens is 375 g/mol. The van der Waals surface area contributed by atoms with E-state index in [2.05, 4.69) is 15.3 Å². The van der Waals surface area contributed by atoms with E-state index in [9.17, 15) is 18.0 Å². The summed E-state index contributed by atoms with van der Waals surface area (Å²) in [4.78, 5) is 19.6. The van der Waals surface area contributed by atoms with Crippen molar-refractivity contribution in [2.75, 3.05) is 5.32 Å². The number of carbonyl (C=O) groups is 1. The Morgan fingerprint density at radius 3 is 2.74 bits per heavy atom. The van der Waals surface area contributed by atoms with Gasteiger partial charge < -0.3 is 10.3 Å². The van der Waals surface area contributed by atoms with Crippen LogP contribution in [-0.2, 0) is 11.0 Å². The highest BCUT2D eigenvalue weighted by atomic mass is 32.2. The molecule has 1 amide bonds. The van der Waals surface area contributed by atoms with Crippen LogP contribution in [0.1, 0.15) is 11.1 Å². The maximum atomic E-state index is 12.8. The van der Waals surface area contributed by atoms with Crippen LogP contribution in [0.15, 0.2) is 64.6 Å². The van der Waals surface area contributed by atoms with Gasteiger partial charge in [-0.15, -0.1) is 0 Å². The standard InChI is InChI=1S/C19H12F3N3OS/c20-19(21,22)12-4-3-5-13(9-12)24-18-25-17(26)16(27-18)8-11-10-23-15-7-2-1-6-14(11)15/h1-10,23H,(H,24,25,26)/b16-8-.